The molecule has 0 saturated carbocycles. The molecule has 18 heavy (non-hydrogen) atoms. The highest BCUT2D eigenvalue weighted by Gasteiger charge is 2.18. The second kappa shape index (κ2) is 4.57. The van der Waals surface area contributed by atoms with Gasteiger partial charge in [0.15, 0.2) is 0 Å². The minimum absolute atomic E-state index is 0.235. The van der Waals surface area contributed by atoms with Crippen molar-refractivity contribution in [2.45, 2.75) is 19.4 Å². The Balaban J connectivity index is 2.00. The van der Waals surface area contributed by atoms with Gasteiger partial charge in [0.1, 0.15) is 11.3 Å². The van der Waals surface area contributed by atoms with Crippen molar-refractivity contribution < 1.29 is 9.13 Å². The molecule has 0 aliphatic carbocycles. The fraction of sp³-hybridized carbons (Fsp3) is 0.462. The Labute approximate surface area is 103 Å². The Morgan fingerprint density at radius 3 is 2.94 bits per heavy atom. The predicted molar refractivity (Wildman–Crippen MR) is 66.1 cm³/mol. The summed E-state index contributed by atoms with van der Waals surface area (Å²) in [6, 6.07) is 4.71. The first-order valence-electron chi connectivity index (χ1n) is 6.20. The first kappa shape index (κ1) is 11.5. The van der Waals surface area contributed by atoms with Gasteiger partial charge in [0.2, 0.25) is 0 Å². The van der Waals surface area contributed by atoms with E-state index in [9.17, 15) is 9.18 Å². The molecule has 0 spiro atoms. The zero-order valence-corrected chi connectivity index (χ0v) is 9.99. The molecule has 1 saturated heterocycles. The number of halogens is 1. The van der Waals surface area contributed by atoms with E-state index in [1.165, 1.54) is 10.6 Å². The van der Waals surface area contributed by atoms with Crippen LogP contribution >= 0.6 is 0 Å². The molecule has 96 valence electrons. The van der Waals surface area contributed by atoms with Crippen LogP contribution in [-0.2, 0) is 11.3 Å². The molecular weight excluding hydrogens is 235 g/mol. The van der Waals surface area contributed by atoms with E-state index in [2.05, 4.69) is 4.98 Å². The highest BCUT2D eigenvalue weighted by molar-refractivity contribution is 5.75. The molecule has 1 aliphatic heterocycles. The molecule has 0 bridgehead atoms. The van der Waals surface area contributed by atoms with E-state index in [-0.39, 0.29) is 11.5 Å². The minimum Gasteiger partial charge on any atom is -0.381 e. The fourth-order valence-corrected chi connectivity index (χ4v) is 2.54. The summed E-state index contributed by atoms with van der Waals surface area (Å²) in [5.41, 5.74) is 0.711. The summed E-state index contributed by atoms with van der Waals surface area (Å²) >= 11 is 0. The van der Waals surface area contributed by atoms with Crippen LogP contribution in [0.25, 0.3) is 11.0 Å². The fourth-order valence-electron chi connectivity index (χ4n) is 2.54. The average Bonchev–Trinajstić information content (AvgIpc) is 2.69. The van der Waals surface area contributed by atoms with Gasteiger partial charge in [0.05, 0.1) is 5.52 Å². The first-order valence-corrected chi connectivity index (χ1v) is 6.20. The molecule has 2 heterocycles. The van der Waals surface area contributed by atoms with Crippen molar-refractivity contribution in [2.75, 3.05) is 13.2 Å². The summed E-state index contributed by atoms with van der Waals surface area (Å²) in [4.78, 5) is 14.6. The summed E-state index contributed by atoms with van der Waals surface area (Å²) < 4.78 is 20.6. The van der Waals surface area contributed by atoms with Crippen molar-refractivity contribution in [1.29, 1.82) is 0 Å². The Hall–Kier alpha value is -1.62. The summed E-state index contributed by atoms with van der Waals surface area (Å²) in [7, 11) is 0. The van der Waals surface area contributed by atoms with Gasteiger partial charge in [-0.25, -0.2) is 9.18 Å². The van der Waals surface area contributed by atoms with Crippen molar-refractivity contribution >= 4 is 11.0 Å². The van der Waals surface area contributed by atoms with Crippen LogP contribution in [-0.4, -0.2) is 22.8 Å². The third kappa shape index (κ3) is 1.95. The summed E-state index contributed by atoms with van der Waals surface area (Å²) in [5.74, 6) is 0.0352. The van der Waals surface area contributed by atoms with Crippen LogP contribution in [0.2, 0.25) is 0 Å². The van der Waals surface area contributed by atoms with E-state index < -0.39 is 0 Å². The maximum atomic E-state index is 13.8. The Morgan fingerprint density at radius 1 is 1.39 bits per heavy atom. The lowest BCUT2D eigenvalue weighted by atomic mass is 10.0. The third-order valence-corrected chi connectivity index (χ3v) is 3.53. The number of hydrogen-bond acceptors (Lipinski definition) is 2. The molecule has 3 rings (SSSR count). The van der Waals surface area contributed by atoms with Gasteiger partial charge in [0, 0.05) is 19.8 Å². The first-order chi connectivity index (χ1) is 8.75. The SMILES string of the molecule is O=c1[nH]c2cccc(F)c2n1CC1CCOCC1. The molecule has 0 unspecified atom stereocenters. The average molecular weight is 250 g/mol. The summed E-state index contributed by atoms with van der Waals surface area (Å²) in [6.07, 6.45) is 1.85. The smallest absolute Gasteiger partial charge is 0.326 e. The maximum absolute atomic E-state index is 13.8. The number of rotatable bonds is 2. The van der Waals surface area contributed by atoms with Gasteiger partial charge in [-0.15, -0.1) is 0 Å². The Bertz CT molecular complexity index is 611. The molecule has 1 aliphatic rings. The van der Waals surface area contributed by atoms with E-state index in [1.54, 1.807) is 12.1 Å². The number of fused-ring (bicyclic) bond motifs is 1. The molecule has 0 amide bonds. The maximum Gasteiger partial charge on any atom is 0.326 e. The van der Waals surface area contributed by atoms with Crippen molar-refractivity contribution in [3.8, 4) is 0 Å². The van der Waals surface area contributed by atoms with Crippen LogP contribution in [0.3, 0.4) is 0 Å². The number of nitrogens with zero attached hydrogens (tertiary/aromatic N) is 1. The van der Waals surface area contributed by atoms with Gasteiger partial charge < -0.3 is 9.72 Å². The van der Waals surface area contributed by atoms with Crippen molar-refractivity contribution in [2.24, 2.45) is 5.92 Å². The number of aromatic nitrogens is 2. The number of benzene rings is 1. The molecule has 2 aromatic rings. The lowest BCUT2D eigenvalue weighted by molar-refractivity contribution is 0.0613. The molecule has 0 radical (unpaired) electrons. The second-order valence-corrected chi connectivity index (χ2v) is 4.73. The Kier molecular flexibility index (Phi) is 2.91. The molecule has 1 N–H and O–H groups in total. The van der Waals surface area contributed by atoms with Gasteiger partial charge in [-0.3, -0.25) is 4.57 Å². The molecule has 4 nitrogen and oxygen atoms in total. The minimum atomic E-state index is -0.349. The number of H-pyrrole nitrogens is 1. The van der Waals surface area contributed by atoms with E-state index >= 15 is 0 Å². The number of nitrogens with one attached hydrogen (secondary N) is 1. The van der Waals surface area contributed by atoms with Gasteiger partial charge in [-0.1, -0.05) is 6.07 Å². The van der Waals surface area contributed by atoms with Crippen LogP contribution in [0.4, 0.5) is 4.39 Å². The quantitative estimate of drug-likeness (QED) is 0.884. The molecule has 0 atom stereocenters. The van der Waals surface area contributed by atoms with Crippen LogP contribution in [0.1, 0.15) is 12.8 Å². The van der Waals surface area contributed by atoms with Crippen LogP contribution in [0.5, 0.6) is 0 Å². The van der Waals surface area contributed by atoms with Crippen molar-refractivity contribution in [1.82, 2.24) is 9.55 Å². The van der Waals surface area contributed by atoms with E-state index in [1.807, 2.05) is 0 Å². The monoisotopic (exact) mass is 250 g/mol. The summed E-state index contributed by atoms with van der Waals surface area (Å²) in [6.45, 7) is 2.01. The number of hydrogen-bond donors (Lipinski definition) is 1. The summed E-state index contributed by atoms with van der Waals surface area (Å²) in [5, 5.41) is 0. The number of aromatic amines is 1. The van der Waals surface area contributed by atoms with E-state index in [4.69, 9.17) is 4.74 Å². The molecule has 1 aromatic heterocycles. The second-order valence-electron chi connectivity index (χ2n) is 4.73. The number of para-hydroxylation sites is 1. The largest absolute Gasteiger partial charge is 0.381 e. The zero-order valence-electron chi connectivity index (χ0n) is 9.99. The highest BCUT2D eigenvalue weighted by Crippen LogP contribution is 2.20. The van der Waals surface area contributed by atoms with E-state index in [0.717, 1.165) is 26.1 Å². The standard InChI is InChI=1S/C13H15FN2O2/c14-10-2-1-3-11-12(10)16(13(17)15-11)8-9-4-6-18-7-5-9/h1-3,9H,4-8H2,(H,15,17). The Morgan fingerprint density at radius 2 is 2.17 bits per heavy atom. The third-order valence-electron chi connectivity index (χ3n) is 3.53. The number of imidazole rings is 1. The van der Waals surface area contributed by atoms with Crippen LogP contribution in [0.15, 0.2) is 23.0 Å². The van der Waals surface area contributed by atoms with Crippen molar-refractivity contribution in [3.63, 3.8) is 0 Å². The van der Waals surface area contributed by atoms with E-state index in [0.29, 0.717) is 23.5 Å². The molecule has 5 heteroatoms. The molecule has 1 aromatic carbocycles. The van der Waals surface area contributed by atoms with Gasteiger partial charge in [0.25, 0.3) is 0 Å². The predicted octanol–water partition coefficient (Wildman–Crippen LogP) is 1.90. The zero-order chi connectivity index (χ0) is 12.5. The lowest BCUT2D eigenvalue weighted by Crippen LogP contribution is -2.26. The van der Waals surface area contributed by atoms with Gasteiger partial charge >= 0.3 is 5.69 Å². The van der Waals surface area contributed by atoms with Crippen molar-refractivity contribution in [3.05, 3.63) is 34.5 Å². The normalized spacial score (nSPS) is 17.4. The van der Waals surface area contributed by atoms with Gasteiger partial charge in [-0.2, -0.15) is 0 Å². The number of ether oxygens (including phenoxy) is 1. The van der Waals surface area contributed by atoms with Crippen LogP contribution < -0.4 is 5.69 Å². The highest BCUT2D eigenvalue weighted by atomic mass is 19.1. The topological polar surface area (TPSA) is 47.0 Å². The van der Waals surface area contributed by atoms with Crippen LogP contribution in [0, 0.1) is 11.7 Å². The van der Waals surface area contributed by atoms with Gasteiger partial charge in [-0.05, 0) is 30.9 Å². The molecule has 1 fully saturated rings. The lowest BCUT2D eigenvalue weighted by Gasteiger charge is -2.22. The molecular formula is C13H15FN2O2.